The summed E-state index contributed by atoms with van der Waals surface area (Å²) in [5.41, 5.74) is -1.20. The Morgan fingerprint density at radius 3 is 1.27 bits per heavy atom. The summed E-state index contributed by atoms with van der Waals surface area (Å²) in [5, 5.41) is 141. The summed E-state index contributed by atoms with van der Waals surface area (Å²) in [6.45, 7) is 0. The molecule has 15 nitrogen and oxygen atoms in total. The number of aliphatic hydroxyl groups is 2. The van der Waals surface area contributed by atoms with Gasteiger partial charge in [0.25, 0.3) is 0 Å². The molecule has 0 saturated carbocycles. The maximum atomic E-state index is 12.1. The summed E-state index contributed by atoms with van der Waals surface area (Å²) in [6.07, 6.45) is -6.45. The number of benzene rings is 5. The lowest BCUT2D eigenvalue weighted by molar-refractivity contribution is 0.00313. The van der Waals surface area contributed by atoms with E-state index in [0.29, 0.717) is 0 Å². The second kappa shape index (κ2) is 11.8. The van der Waals surface area contributed by atoms with E-state index < -0.39 is 111 Å². The van der Waals surface area contributed by atoms with Crippen molar-refractivity contribution in [2.45, 2.75) is 36.3 Å². The van der Waals surface area contributed by atoms with Crippen LogP contribution in [0.3, 0.4) is 0 Å². The number of aromatic hydroxyl groups is 11. The van der Waals surface area contributed by atoms with Crippen LogP contribution in [0.1, 0.15) is 57.4 Å². The van der Waals surface area contributed by atoms with E-state index in [9.17, 15) is 66.4 Å². The normalized spacial score (nSPS) is 22.3. The van der Waals surface area contributed by atoms with Gasteiger partial charge in [0.05, 0.1) is 11.8 Å². The highest BCUT2D eigenvalue weighted by molar-refractivity contribution is 5.69. The van der Waals surface area contributed by atoms with Gasteiger partial charge in [-0.2, -0.15) is 0 Å². The number of phenolic OH excluding ortho intramolecular Hbond substituents is 11. The van der Waals surface area contributed by atoms with Crippen molar-refractivity contribution in [3.8, 4) is 74.7 Å². The van der Waals surface area contributed by atoms with Crippen LogP contribution in [0, 0.1) is 0 Å². The van der Waals surface area contributed by atoms with Crippen molar-refractivity contribution in [2.24, 2.45) is 0 Å². The minimum absolute atomic E-state index is 0.0905. The van der Waals surface area contributed by atoms with Crippen molar-refractivity contribution in [1.82, 2.24) is 0 Å². The molecule has 51 heavy (non-hydrogen) atoms. The zero-order valence-corrected chi connectivity index (χ0v) is 25.9. The lowest BCUT2D eigenvalue weighted by atomic mass is 9.74. The molecule has 0 fully saturated rings. The number of rotatable bonds is 4. The maximum Gasteiger partial charge on any atom is 0.157 e. The molecular weight excluding hydrogens is 672 g/mol. The topological polar surface area (TPSA) is 281 Å². The van der Waals surface area contributed by atoms with Gasteiger partial charge in [-0.1, -0.05) is 12.1 Å². The summed E-state index contributed by atoms with van der Waals surface area (Å²) in [7, 11) is 0. The van der Waals surface area contributed by atoms with Gasteiger partial charge in [0, 0.05) is 52.6 Å². The van der Waals surface area contributed by atoms with Crippen LogP contribution in [-0.4, -0.2) is 78.6 Å². The number of hydrogen-bond donors (Lipinski definition) is 13. The highest BCUT2D eigenvalue weighted by Gasteiger charge is 2.48. The molecule has 0 aliphatic carbocycles. The molecule has 2 aliphatic heterocycles. The number of aliphatic hydroxyl groups excluding tert-OH is 2. The van der Waals surface area contributed by atoms with Crippen molar-refractivity contribution in [3.63, 3.8) is 0 Å². The van der Waals surface area contributed by atoms with Crippen LogP contribution in [0.25, 0.3) is 0 Å². The molecule has 15 heteroatoms. The molecule has 2 aliphatic rings. The van der Waals surface area contributed by atoms with Gasteiger partial charge in [-0.25, -0.2) is 0 Å². The average Bonchev–Trinajstić information content (AvgIpc) is 3.05. The Kier molecular flexibility index (Phi) is 7.61. The number of phenols is 11. The summed E-state index contributed by atoms with van der Waals surface area (Å²) < 4.78 is 12.0. The first-order valence-corrected chi connectivity index (χ1v) is 15.3. The van der Waals surface area contributed by atoms with Gasteiger partial charge in [-0.3, -0.25) is 0 Å². The fourth-order valence-corrected chi connectivity index (χ4v) is 7.00. The van der Waals surface area contributed by atoms with E-state index in [1.54, 1.807) is 0 Å². The summed E-state index contributed by atoms with van der Waals surface area (Å²) >= 11 is 0. The molecule has 0 aromatic heterocycles. The SMILES string of the molecule is Oc1cc(O)c(C2c3c(cc(O)c(C4c5c(O)cc(O)cc5OC(c5ccc(O)c(O)c5)C4O)c3O)OC(c3ccc(O)c(O)c3)C2O)c(O)c1. The Morgan fingerprint density at radius 1 is 0.373 bits per heavy atom. The van der Waals surface area contributed by atoms with Crippen molar-refractivity contribution in [3.05, 3.63) is 100 Å². The predicted octanol–water partition coefficient (Wildman–Crippen LogP) is 3.70. The van der Waals surface area contributed by atoms with Gasteiger partial charge < -0.3 is 75.9 Å². The smallest absolute Gasteiger partial charge is 0.157 e. The Morgan fingerprint density at radius 2 is 0.784 bits per heavy atom. The first-order chi connectivity index (χ1) is 24.2. The quantitative estimate of drug-likeness (QED) is 0.119. The van der Waals surface area contributed by atoms with Crippen LogP contribution >= 0.6 is 0 Å². The molecule has 264 valence electrons. The van der Waals surface area contributed by atoms with Crippen LogP contribution in [0.15, 0.2) is 66.7 Å². The maximum absolute atomic E-state index is 12.1. The van der Waals surface area contributed by atoms with Crippen molar-refractivity contribution in [2.75, 3.05) is 0 Å². The van der Waals surface area contributed by atoms with Crippen molar-refractivity contribution >= 4 is 0 Å². The van der Waals surface area contributed by atoms with E-state index >= 15 is 0 Å². The minimum atomic E-state index is -1.81. The fraction of sp³-hybridized carbons (Fsp3) is 0.167. The molecule has 0 saturated heterocycles. The second-order valence-corrected chi connectivity index (χ2v) is 12.4. The minimum Gasteiger partial charge on any atom is -0.508 e. The van der Waals surface area contributed by atoms with E-state index in [0.717, 1.165) is 54.6 Å². The van der Waals surface area contributed by atoms with Gasteiger partial charge in [0.15, 0.2) is 35.2 Å². The Balaban J connectivity index is 1.48. The van der Waals surface area contributed by atoms with E-state index in [4.69, 9.17) is 9.47 Å². The standard InChI is InChI=1S/C36H30O15/c37-14-7-20(43)26(21(44)8-14)30-29-25(51-35(33(30)48)12-1-3-16(39)18(41)5-12)11-23(46)28(32(29)47)31-27-22(45)9-15(38)10-24(27)50-36(34(31)49)13-2-4-17(40)19(42)6-13/h1-11,30-31,33-49H. The number of ether oxygens (including phenoxy) is 2. The first kappa shape index (κ1) is 32.9. The predicted molar refractivity (Wildman–Crippen MR) is 173 cm³/mol. The Bertz CT molecular complexity index is 2190. The number of fused-ring (bicyclic) bond motifs is 2. The Labute approximate surface area is 286 Å². The average molecular weight is 703 g/mol. The molecule has 5 aromatic rings. The van der Waals surface area contributed by atoms with Crippen molar-refractivity contribution < 1.29 is 75.9 Å². The molecule has 5 aromatic carbocycles. The van der Waals surface area contributed by atoms with Crippen molar-refractivity contribution in [1.29, 1.82) is 0 Å². The molecule has 13 N–H and O–H groups in total. The fourth-order valence-electron chi connectivity index (χ4n) is 7.00. The molecule has 0 radical (unpaired) electrons. The summed E-state index contributed by atoms with van der Waals surface area (Å²) in [4.78, 5) is 0. The largest absolute Gasteiger partial charge is 0.508 e. The molecule has 6 unspecified atom stereocenters. The Hall–Kier alpha value is -6.58. The first-order valence-electron chi connectivity index (χ1n) is 15.3. The van der Waals surface area contributed by atoms with E-state index in [-0.39, 0.29) is 33.8 Å². The molecule has 0 spiro atoms. The van der Waals surface area contributed by atoms with Gasteiger partial charge in [-0.05, 0) is 35.4 Å². The lowest BCUT2D eigenvalue weighted by Gasteiger charge is -2.41. The van der Waals surface area contributed by atoms with E-state index in [1.807, 2.05) is 0 Å². The third-order valence-electron chi connectivity index (χ3n) is 9.26. The van der Waals surface area contributed by atoms with Crippen LogP contribution in [0.5, 0.6) is 74.7 Å². The number of hydrogen-bond acceptors (Lipinski definition) is 15. The van der Waals surface area contributed by atoms with E-state index in [1.165, 1.54) is 12.1 Å². The third-order valence-corrected chi connectivity index (χ3v) is 9.26. The van der Waals surface area contributed by atoms with Gasteiger partial charge in [-0.15, -0.1) is 0 Å². The molecule has 0 bridgehead atoms. The van der Waals surface area contributed by atoms with Crippen LogP contribution in [-0.2, 0) is 0 Å². The van der Waals surface area contributed by atoms with Crippen LogP contribution < -0.4 is 9.47 Å². The zero-order chi connectivity index (χ0) is 36.6. The van der Waals surface area contributed by atoms with Gasteiger partial charge in [0.2, 0.25) is 0 Å². The van der Waals surface area contributed by atoms with Crippen LogP contribution in [0.4, 0.5) is 0 Å². The van der Waals surface area contributed by atoms with Gasteiger partial charge >= 0.3 is 0 Å². The third kappa shape index (κ3) is 5.22. The highest BCUT2D eigenvalue weighted by atomic mass is 16.5. The molecule has 7 rings (SSSR count). The molecule has 2 heterocycles. The van der Waals surface area contributed by atoms with E-state index in [2.05, 4.69) is 0 Å². The molecule has 0 amide bonds. The summed E-state index contributed by atoms with van der Waals surface area (Å²) in [5.74, 6) is -10.4. The van der Waals surface area contributed by atoms with Gasteiger partial charge in [0.1, 0.15) is 64.0 Å². The van der Waals surface area contributed by atoms with Crippen LogP contribution in [0.2, 0.25) is 0 Å². The zero-order valence-electron chi connectivity index (χ0n) is 25.9. The highest BCUT2D eigenvalue weighted by Crippen LogP contribution is 2.60. The lowest BCUT2D eigenvalue weighted by Crippen LogP contribution is -2.37. The monoisotopic (exact) mass is 702 g/mol. The second-order valence-electron chi connectivity index (χ2n) is 12.4. The molecule has 6 atom stereocenters. The molecular formula is C36H30O15. The summed E-state index contributed by atoms with van der Waals surface area (Å²) in [6, 6.07) is 11.9.